The van der Waals surface area contributed by atoms with Crippen molar-refractivity contribution >= 4 is 40.3 Å². The van der Waals surface area contributed by atoms with Gasteiger partial charge in [0.05, 0.1) is 15.5 Å². The average Bonchev–Trinajstić information content (AvgIpc) is 3.29. The first kappa shape index (κ1) is 18.7. The van der Waals surface area contributed by atoms with E-state index >= 15 is 0 Å². The smallest absolute Gasteiger partial charge is 0.289 e. The number of nitrogens with zero attached hydrogens (tertiary/aromatic N) is 2. The number of aliphatic imine (C=N–C) groups is 1. The van der Waals surface area contributed by atoms with Crippen molar-refractivity contribution < 1.29 is 14.1 Å². The van der Waals surface area contributed by atoms with Crippen LogP contribution in [0.4, 0.5) is 16.2 Å². The van der Waals surface area contributed by atoms with Crippen LogP contribution in [0.25, 0.3) is 17.4 Å². The largest absolute Gasteiger partial charge is 0.457 e. The van der Waals surface area contributed by atoms with Crippen LogP contribution in [-0.4, -0.2) is 16.0 Å². The SMILES string of the molecule is Cc1cccc(N=C2NC(=O)SC2=Cc2ccc(-c3cccc([N+](=O)[O-])c3)o2)c1. The number of nitro benzene ring substituents is 1. The number of aryl methyl sites for hydroxylation is 1. The Bertz CT molecular complexity index is 1180. The number of amidine groups is 1. The number of non-ortho nitro benzene ring substituents is 1. The molecule has 1 N–H and O–H groups in total. The number of nitro groups is 1. The molecule has 0 saturated carbocycles. The van der Waals surface area contributed by atoms with Crippen LogP contribution in [0, 0.1) is 17.0 Å². The van der Waals surface area contributed by atoms with Crippen molar-refractivity contribution in [3.8, 4) is 11.3 Å². The molecule has 3 aromatic rings. The molecule has 2 aromatic carbocycles. The average molecular weight is 405 g/mol. The van der Waals surface area contributed by atoms with Gasteiger partial charge in [-0.05, 0) is 54.6 Å². The molecule has 0 bridgehead atoms. The summed E-state index contributed by atoms with van der Waals surface area (Å²) in [7, 11) is 0. The van der Waals surface area contributed by atoms with Crippen LogP contribution in [-0.2, 0) is 0 Å². The maximum Gasteiger partial charge on any atom is 0.289 e. The summed E-state index contributed by atoms with van der Waals surface area (Å²) in [5.74, 6) is 1.47. The molecule has 144 valence electrons. The van der Waals surface area contributed by atoms with Gasteiger partial charge in [-0.15, -0.1) is 0 Å². The summed E-state index contributed by atoms with van der Waals surface area (Å²) < 4.78 is 5.81. The highest BCUT2D eigenvalue weighted by atomic mass is 32.2. The quantitative estimate of drug-likeness (QED) is 0.444. The molecule has 0 radical (unpaired) electrons. The Morgan fingerprint density at radius 3 is 2.76 bits per heavy atom. The molecular formula is C21H15N3O4S. The van der Waals surface area contributed by atoms with Crippen molar-refractivity contribution in [3.05, 3.63) is 87.0 Å². The number of carbonyl (C=O) groups is 1. The Labute approximate surface area is 170 Å². The van der Waals surface area contributed by atoms with E-state index in [9.17, 15) is 14.9 Å². The molecule has 8 heteroatoms. The maximum atomic E-state index is 11.9. The maximum absolute atomic E-state index is 11.9. The van der Waals surface area contributed by atoms with Crippen LogP contribution >= 0.6 is 11.8 Å². The highest BCUT2D eigenvalue weighted by Crippen LogP contribution is 2.31. The molecule has 1 aliphatic heterocycles. The molecule has 0 spiro atoms. The van der Waals surface area contributed by atoms with Gasteiger partial charge in [0.2, 0.25) is 0 Å². The molecule has 1 fully saturated rings. The molecule has 29 heavy (non-hydrogen) atoms. The van der Waals surface area contributed by atoms with Crippen LogP contribution in [0.2, 0.25) is 0 Å². The van der Waals surface area contributed by atoms with E-state index in [1.807, 2.05) is 31.2 Å². The molecule has 1 saturated heterocycles. The lowest BCUT2D eigenvalue weighted by atomic mass is 10.1. The molecule has 1 aliphatic rings. The van der Waals surface area contributed by atoms with Gasteiger partial charge in [0.15, 0.2) is 0 Å². The van der Waals surface area contributed by atoms with Crippen LogP contribution < -0.4 is 5.32 Å². The van der Waals surface area contributed by atoms with Gasteiger partial charge in [0.25, 0.3) is 10.9 Å². The third kappa shape index (κ3) is 4.27. The second-order valence-electron chi connectivity index (χ2n) is 6.33. The van der Waals surface area contributed by atoms with Crippen molar-refractivity contribution in [2.45, 2.75) is 6.92 Å². The first-order chi connectivity index (χ1) is 14.0. The van der Waals surface area contributed by atoms with Crippen LogP contribution in [0.5, 0.6) is 0 Å². The fraction of sp³-hybridized carbons (Fsp3) is 0.0476. The molecule has 4 rings (SSSR count). The molecular weight excluding hydrogens is 390 g/mol. The van der Waals surface area contributed by atoms with E-state index in [1.54, 1.807) is 30.3 Å². The number of thioether (sulfide) groups is 1. The third-order valence-electron chi connectivity index (χ3n) is 4.14. The molecule has 0 aliphatic carbocycles. The van der Waals surface area contributed by atoms with Gasteiger partial charge >= 0.3 is 0 Å². The van der Waals surface area contributed by atoms with Gasteiger partial charge in [-0.2, -0.15) is 0 Å². The molecule has 0 unspecified atom stereocenters. The van der Waals surface area contributed by atoms with Gasteiger partial charge < -0.3 is 9.73 Å². The van der Waals surface area contributed by atoms with E-state index in [-0.39, 0.29) is 10.9 Å². The lowest BCUT2D eigenvalue weighted by molar-refractivity contribution is -0.384. The number of hydrogen-bond acceptors (Lipinski definition) is 6. The Morgan fingerprint density at radius 2 is 1.97 bits per heavy atom. The van der Waals surface area contributed by atoms with Crippen LogP contribution in [0.1, 0.15) is 11.3 Å². The standard InChI is InChI=1S/C21H15N3O4S/c1-13-4-2-6-15(10-13)22-20-19(29-21(25)23-20)12-17-8-9-18(28-17)14-5-3-7-16(11-14)24(26)27/h2-12H,1H3,(H,22,23,25). The van der Waals surface area contributed by atoms with E-state index in [2.05, 4.69) is 10.3 Å². The summed E-state index contributed by atoms with van der Waals surface area (Å²) in [5.41, 5.74) is 2.41. The minimum absolute atomic E-state index is 0.00692. The first-order valence-corrected chi connectivity index (χ1v) is 9.50. The molecule has 1 amide bonds. The van der Waals surface area contributed by atoms with Gasteiger partial charge in [-0.25, -0.2) is 4.99 Å². The summed E-state index contributed by atoms with van der Waals surface area (Å²) in [5, 5.41) is 13.5. The number of nitrogens with one attached hydrogen (secondary N) is 1. The molecule has 0 atom stereocenters. The normalized spacial score (nSPS) is 16.4. The van der Waals surface area contributed by atoms with E-state index in [4.69, 9.17) is 4.42 Å². The van der Waals surface area contributed by atoms with Gasteiger partial charge in [-0.3, -0.25) is 14.9 Å². The Hall–Kier alpha value is -3.65. The van der Waals surface area contributed by atoms with Crippen molar-refractivity contribution in [2.75, 3.05) is 0 Å². The van der Waals surface area contributed by atoms with Crippen LogP contribution in [0.15, 0.2) is 75.0 Å². The number of furan rings is 1. The summed E-state index contributed by atoms with van der Waals surface area (Å²) in [6, 6.07) is 17.4. The van der Waals surface area contributed by atoms with Crippen molar-refractivity contribution in [2.24, 2.45) is 4.99 Å². The first-order valence-electron chi connectivity index (χ1n) is 8.69. The van der Waals surface area contributed by atoms with Crippen molar-refractivity contribution in [3.63, 3.8) is 0 Å². The monoisotopic (exact) mass is 405 g/mol. The summed E-state index contributed by atoms with van der Waals surface area (Å²) >= 11 is 1.03. The summed E-state index contributed by atoms with van der Waals surface area (Å²) in [4.78, 5) is 27.6. The fourth-order valence-electron chi connectivity index (χ4n) is 2.83. The number of carbonyl (C=O) groups excluding carboxylic acids is 1. The summed E-state index contributed by atoms with van der Waals surface area (Å²) in [6.45, 7) is 1.97. The Balaban J connectivity index is 1.64. The fourth-order valence-corrected chi connectivity index (χ4v) is 3.54. The zero-order valence-corrected chi connectivity index (χ0v) is 16.1. The molecule has 7 nitrogen and oxygen atoms in total. The van der Waals surface area contributed by atoms with Gasteiger partial charge in [0.1, 0.15) is 17.4 Å². The number of rotatable bonds is 4. The lowest BCUT2D eigenvalue weighted by Crippen LogP contribution is -2.18. The Kier molecular flexibility index (Phi) is 5.01. The highest BCUT2D eigenvalue weighted by molar-refractivity contribution is 8.18. The van der Waals surface area contributed by atoms with E-state index < -0.39 is 4.92 Å². The van der Waals surface area contributed by atoms with Crippen molar-refractivity contribution in [1.82, 2.24) is 5.32 Å². The molecule has 1 aromatic heterocycles. The molecule has 2 heterocycles. The number of amides is 1. The highest BCUT2D eigenvalue weighted by Gasteiger charge is 2.24. The predicted octanol–water partition coefficient (Wildman–Crippen LogP) is 5.69. The van der Waals surface area contributed by atoms with Crippen LogP contribution in [0.3, 0.4) is 0 Å². The summed E-state index contributed by atoms with van der Waals surface area (Å²) in [6.07, 6.45) is 1.72. The minimum Gasteiger partial charge on any atom is -0.457 e. The second kappa shape index (κ2) is 7.76. The predicted molar refractivity (Wildman–Crippen MR) is 113 cm³/mol. The van der Waals surface area contributed by atoms with E-state index in [0.717, 1.165) is 23.0 Å². The van der Waals surface area contributed by atoms with Gasteiger partial charge in [-0.1, -0.05) is 24.3 Å². The zero-order valence-electron chi connectivity index (χ0n) is 15.3. The van der Waals surface area contributed by atoms with Crippen molar-refractivity contribution in [1.29, 1.82) is 0 Å². The van der Waals surface area contributed by atoms with Gasteiger partial charge in [0, 0.05) is 17.7 Å². The lowest BCUT2D eigenvalue weighted by Gasteiger charge is -2.00. The second-order valence-corrected chi connectivity index (χ2v) is 7.35. The Morgan fingerprint density at radius 1 is 1.14 bits per heavy atom. The number of benzene rings is 2. The third-order valence-corrected chi connectivity index (χ3v) is 4.96. The number of hydrogen-bond donors (Lipinski definition) is 1. The topological polar surface area (TPSA) is 97.7 Å². The minimum atomic E-state index is -0.449. The zero-order chi connectivity index (χ0) is 20.4. The van der Waals surface area contributed by atoms with E-state index in [1.165, 1.54) is 12.1 Å². The van der Waals surface area contributed by atoms with E-state index in [0.29, 0.717) is 27.8 Å².